The van der Waals surface area contributed by atoms with E-state index in [2.05, 4.69) is 33.9 Å². The molecule has 1 atom stereocenters. The largest absolute Gasteiger partial charge is 0.372 e. The Labute approximate surface area is 139 Å². The van der Waals surface area contributed by atoms with Crippen molar-refractivity contribution < 1.29 is 13.2 Å². The van der Waals surface area contributed by atoms with Crippen LogP contribution < -0.4 is 4.72 Å². The van der Waals surface area contributed by atoms with Crippen LogP contribution in [0.3, 0.4) is 0 Å². The van der Waals surface area contributed by atoms with Crippen LogP contribution in [-0.2, 0) is 21.3 Å². The van der Waals surface area contributed by atoms with Crippen LogP contribution in [0.2, 0.25) is 0 Å². The number of benzene rings is 1. The van der Waals surface area contributed by atoms with Gasteiger partial charge in [0.2, 0.25) is 10.0 Å². The maximum absolute atomic E-state index is 11.5. The fourth-order valence-corrected chi connectivity index (χ4v) is 4.33. The van der Waals surface area contributed by atoms with Crippen molar-refractivity contribution in [3.63, 3.8) is 0 Å². The van der Waals surface area contributed by atoms with E-state index in [4.69, 9.17) is 4.74 Å². The molecule has 128 valence electrons. The molecule has 1 N–H and O–H groups in total. The Hall–Kier alpha value is -0.950. The van der Waals surface area contributed by atoms with Crippen LogP contribution in [0.15, 0.2) is 30.3 Å². The van der Waals surface area contributed by atoms with E-state index in [1.807, 2.05) is 6.07 Å². The second-order valence-electron chi connectivity index (χ2n) is 6.62. The fourth-order valence-electron chi connectivity index (χ4n) is 3.70. The number of nitrogens with zero attached hydrogens (tertiary/aromatic N) is 1. The number of rotatable bonds is 7. The first-order chi connectivity index (χ1) is 11.0. The number of hydrogen-bond donors (Lipinski definition) is 1. The second kappa shape index (κ2) is 6.89. The first-order valence-corrected chi connectivity index (χ1v) is 10.1. The van der Waals surface area contributed by atoms with Gasteiger partial charge in [-0.15, -0.1) is 0 Å². The molecule has 6 heteroatoms. The van der Waals surface area contributed by atoms with Crippen molar-refractivity contribution in [3.8, 4) is 0 Å². The van der Waals surface area contributed by atoms with Crippen molar-refractivity contribution >= 4 is 10.0 Å². The molecule has 2 aliphatic rings. The summed E-state index contributed by atoms with van der Waals surface area (Å²) < 4.78 is 31.8. The van der Waals surface area contributed by atoms with Crippen LogP contribution >= 0.6 is 0 Å². The molecule has 1 spiro atoms. The zero-order chi connectivity index (χ0) is 16.3. The lowest BCUT2D eigenvalue weighted by Gasteiger charge is -2.50. The third kappa shape index (κ3) is 3.94. The Morgan fingerprint density at radius 1 is 1.30 bits per heavy atom. The van der Waals surface area contributed by atoms with Crippen molar-refractivity contribution in [1.29, 1.82) is 0 Å². The Kier molecular flexibility index (Phi) is 5.06. The lowest BCUT2D eigenvalue weighted by atomic mass is 9.79. The van der Waals surface area contributed by atoms with Gasteiger partial charge >= 0.3 is 0 Å². The van der Waals surface area contributed by atoms with E-state index >= 15 is 0 Å². The van der Waals surface area contributed by atoms with Gasteiger partial charge in [-0.3, -0.25) is 4.90 Å². The summed E-state index contributed by atoms with van der Waals surface area (Å²) in [5, 5.41) is 0. The van der Waals surface area contributed by atoms with Crippen molar-refractivity contribution in [2.45, 2.75) is 31.9 Å². The molecule has 0 aromatic heterocycles. The zero-order valence-corrected chi connectivity index (χ0v) is 14.5. The van der Waals surface area contributed by atoms with E-state index < -0.39 is 10.0 Å². The molecule has 0 saturated carbocycles. The summed E-state index contributed by atoms with van der Waals surface area (Å²) in [5.41, 5.74) is 1.28. The summed E-state index contributed by atoms with van der Waals surface area (Å²) >= 11 is 0. The Balaban J connectivity index is 1.48. The minimum atomic E-state index is -3.09. The summed E-state index contributed by atoms with van der Waals surface area (Å²) in [7, 11) is -3.09. The van der Waals surface area contributed by atoms with E-state index in [0.717, 1.165) is 39.1 Å². The van der Waals surface area contributed by atoms with Crippen molar-refractivity contribution in [1.82, 2.24) is 9.62 Å². The standard InChI is InChI=1S/C17H26N2O3S/c1-2-23(20,21)18-10-8-16-9-11-22-17(16)13-19(14-17)12-15-6-4-3-5-7-15/h3-7,16,18H,2,8-14H2,1H3/t16-/m0/s1. The third-order valence-corrected chi connectivity index (χ3v) is 6.43. The molecule has 1 aromatic rings. The molecule has 0 amide bonds. The average molecular weight is 338 g/mol. The van der Waals surface area contributed by atoms with E-state index in [1.54, 1.807) is 6.92 Å². The Morgan fingerprint density at radius 3 is 2.74 bits per heavy atom. The molecule has 3 rings (SSSR count). The first-order valence-electron chi connectivity index (χ1n) is 8.40. The van der Waals surface area contributed by atoms with Gasteiger partial charge < -0.3 is 4.74 Å². The smallest absolute Gasteiger partial charge is 0.211 e. The van der Waals surface area contributed by atoms with E-state index in [0.29, 0.717) is 12.5 Å². The van der Waals surface area contributed by atoms with Crippen LogP contribution in [0.25, 0.3) is 0 Å². The van der Waals surface area contributed by atoms with Gasteiger partial charge in [-0.2, -0.15) is 0 Å². The lowest BCUT2D eigenvalue weighted by molar-refractivity contribution is -0.136. The molecule has 0 bridgehead atoms. The molecule has 1 aromatic carbocycles. The molecule has 2 saturated heterocycles. The molecular formula is C17H26N2O3S. The predicted octanol–water partition coefficient (Wildman–Crippen LogP) is 1.61. The number of ether oxygens (including phenoxy) is 1. The summed E-state index contributed by atoms with van der Waals surface area (Å²) in [6.45, 7) is 5.84. The SMILES string of the molecule is CCS(=O)(=O)NCC[C@H]1CCOC12CN(Cc1ccccc1)C2. The Bertz CT molecular complexity index is 612. The van der Waals surface area contributed by atoms with Gasteiger partial charge in [-0.05, 0) is 31.2 Å². The van der Waals surface area contributed by atoms with E-state index in [1.165, 1.54) is 5.56 Å². The number of hydrogen-bond acceptors (Lipinski definition) is 4. The van der Waals surface area contributed by atoms with Gasteiger partial charge in [-0.25, -0.2) is 13.1 Å². The van der Waals surface area contributed by atoms with Crippen LogP contribution in [0.4, 0.5) is 0 Å². The highest BCUT2D eigenvalue weighted by Crippen LogP contribution is 2.42. The molecule has 5 nitrogen and oxygen atoms in total. The topological polar surface area (TPSA) is 58.6 Å². The third-order valence-electron chi connectivity index (χ3n) is 5.03. The normalized spacial score (nSPS) is 24.0. The van der Waals surface area contributed by atoms with Crippen LogP contribution in [0.1, 0.15) is 25.3 Å². The lowest BCUT2D eigenvalue weighted by Crippen LogP contribution is -2.64. The zero-order valence-electron chi connectivity index (χ0n) is 13.7. The maximum Gasteiger partial charge on any atom is 0.211 e. The highest BCUT2D eigenvalue weighted by atomic mass is 32.2. The van der Waals surface area contributed by atoms with Gasteiger partial charge in [-0.1, -0.05) is 30.3 Å². The Morgan fingerprint density at radius 2 is 2.04 bits per heavy atom. The minimum Gasteiger partial charge on any atom is -0.372 e. The molecule has 2 fully saturated rings. The van der Waals surface area contributed by atoms with Crippen molar-refractivity contribution in [2.24, 2.45) is 5.92 Å². The molecule has 2 aliphatic heterocycles. The predicted molar refractivity (Wildman–Crippen MR) is 90.6 cm³/mol. The quantitative estimate of drug-likeness (QED) is 0.820. The summed E-state index contributed by atoms with van der Waals surface area (Å²) in [4.78, 5) is 2.41. The van der Waals surface area contributed by atoms with Crippen molar-refractivity contribution in [2.75, 3.05) is 32.0 Å². The number of likely N-dealkylation sites (tertiary alicyclic amines) is 1. The molecule has 0 aliphatic carbocycles. The first kappa shape index (κ1) is 16.9. The van der Waals surface area contributed by atoms with Crippen LogP contribution in [0.5, 0.6) is 0 Å². The van der Waals surface area contributed by atoms with Crippen LogP contribution in [0, 0.1) is 5.92 Å². The average Bonchev–Trinajstić information content (AvgIpc) is 2.92. The van der Waals surface area contributed by atoms with Gasteiger partial charge in [0.15, 0.2) is 0 Å². The molecule has 0 radical (unpaired) electrons. The fraction of sp³-hybridized carbons (Fsp3) is 0.647. The molecular weight excluding hydrogens is 312 g/mol. The van der Waals surface area contributed by atoms with Crippen molar-refractivity contribution in [3.05, 3.63) is 35.9 Å². The molecule has 0 unspecified atom stereocenters. The van der Waals surface area contributed by atoms with Crippen LogP contribution in [-0.4, -0.2) is 50.9 Å². The summed E-state index contributed by atoms with van der Waals surface area (Å²) in [5.74, 6) is 0.596. The van der Waals surface area contributed by atoms with Gasteiger partial charge in [0.1, 0.15) is 0 Å². The van der Waals surface area contributed by atoms with Gasteiger partial charge in [0.05, 0.1) is 11.4 Å². The molecule has 2 heterocycles. The van der Waals surface area contributed by atoms with E-state index in [9.17, 15) is 8.42 Å². The highest BCUT2D eigenvalue weighted by molar-refractivity contribution is 7.89. The molecule has 23 heavy (non-hydrogen) atoms. The number of nitrogens with one attached hydrogen (secondary N) is 1. The second-order valence-corrected chi connectivity index (χ2v) is 8.71. The monoisotopic (exact) mass is 338 g/mol. The highest BCUT2D eigenvalue weighted by Gasteiger charge is 2.52. The summed E-state index contributed by atoms with van der Waals surface area (Å²) in [6, 6.07) is 10.5. The number of sulfonamides is 1. The minimum absolute atomic E-state index is 0.0492. The van der Waals surface area contributed by atoms with Gasteiger partial charge in [0, 0.05) is 32.8 Å². The maximum atomic E-state index is 11.5. The van der Waals surface area contributed by atoms with E-state index in [-0.39, 0.29) is 11.4 Å². The van der Waals surface area contributed by atoms with Gasteiger partial charge in [0.25, 0.3) is 0 Å². The summed E-state index contributed by atoms with van der Waals surface area (Å²) in [6.07, 6.45) is 1.89.